The molecule has 0 saturated carbocycles. The van der Waals surface area contributed by atoms with Gasteiger partial charge in [-0.3, -0.25) is 9.59 Å². The van der Waals surface area contributed by atoms with Gasteiger partial charge in [-0.2, -0.15) is 0 Å². The summed E-state index contributed by atoms with van der Waals surface area (Å²) in [6.07, 6.45) is 1.65. The second-order valence-electron chi connectivity index (χ2n) is 4.68. The Morgan fingerprint density at radius 3 is 2.74 bits per heavy atom. The summed E-state index contributed by atoms with van der Waals surface area (Å²) in [6, 6.07) is 9.84. The van der Waals surface area contributed by atoms with Crippen LogP contribution in [0.1, 0.15) is 12.8 Å². The molecular weight excluding hydrogens is 260 g/mol. The van der Waals surface area contributed by atoms with E-state index in [9.17, 15) is 9.59 Å². The van der Waals surface area contributed by atoms with E-state index in [-0.39, 0.29) is 17.7 Å². The Bertz CT molecular complexity index is 450. The first-order valence-corrected chi connectivity index (χ1v) is 7.40. The molecule has 102 valence electrons. The Kier molecular flexibility index (Phi) is 4.85. The second kappa shape index (κ2) is 6.61. The lowest BCUT2D eigenvalue weighted by molar-refractivity contribution is -0.132. The van der Waals surface area contributed by atoms with E-state index >= 15 is 0 Å². The third kappa shape index (κ3) is 3.99. The fourth-order valence-electron chi connectivity index (χ4n) is 2.19. The number of hydrogen-bond acceptors (Lipinski definition) is 3. The highest BCUT2D eigenvalue weighted by atomic mass is 32.2. The van der Waals surface area contributed by atoms with Crippen LogP contribution in [0.15, 0.2) is 35.2 Å². The highest BCUT2D eigenvalue weighted by Gasteiger charge is 2.26. The summed E-state index contributed by atoms with van der Waals surface area (Å²) in [4.78, 5) is 26.1. The van der Waals surface area contributed by atoms with Crippen molar-refractivity contribution in [3.8, 4) is 0 Å². The second-order valence-corrected chi connectivity index (χ2v) is 5.73. The molecule has 1 fully saturated rings. The highest BCUT2D eigenvalue weighted by Crippen LogP contribution is 2.20. The van der Waals surface area contributed by atoms with Gasteiger partial charge in [-0.1, -0.05) is 18.2 Å². The van der Waals surface area contributed by atoms with Gasteiger partial charge in [-0.25, -0.2) is 0 Å². The van der Waals surface area contributed by atoms with Crippen LogP contribution < -0.4 is 5.73 Å². The standard InChI is InChI=1S/C14H18N2O2S/c15-14(18)11-5-4-8-16(9-11)13(17)10-19-12-6-2-1-3-7-12/h1-3,6-7,11H,4-5,8-10H2,(H2,15,18). The summed E-state index contributed by atoms with van der Waals surface area (Å²) < 4.78 is 0. The molecule has 2 amide bonds. The van der Waals surface area contributed by atoms with E-state index in [4.69, 9.17) is 5.73 Å². The lowest BCUT2D eigenvalue weighted by Crippen LogP contribution is -2.44. The molecule has 0 spiro atoms. The van der Waals surface area contributed by atoms with Gasteiger partial charge in [0.15, 0.2) is 0 Å². The average Bonchev–Trinajstić information content (AvgIpc) is 2.46. The van der Waals surface area contributed by atoms with Gasteiger partial charge in [0, 0.05) is 18.0 Å². The molecule has 1 saturated heterocycles. The topological polar surface area (TPSA) is 63.4 Å². The van der Waals surface area contributed by atoms with Crippen LogP contribution in [0, 0.1) is 5.92 Å². The summed E-state index contributed by atoms with van der Waals surface area (Å²) in [5.41, 5.74) is 5.31. The molecular formula is C14H18N2O2S. The predicted molar refractivity (Wildman–Crippen MR) is 75.7 cm³/mol. The molecule has 0 aliphatic carbocycles. The molecule has 1 aliphatic heterocycles. The van der Waals surface area contributed by atoms with Crippen molar-refractivity contribution in [1.29, 1.82) is 0 Å². The minimum Gasteiger partial charge on any atom is -0.369 e. The number of rotatable bonds is 4. The van der Waals surface area contributed by atoms with Crippen LogP contribution in [-0.4, -0.2) is 35.6 Å². The molecule has 1 unspecified atom stereocenters. The molecule has 0 aromatic heterocycles. The summed E-state index contributed by atoms with van der Waals surface area (Å²) >= 11 is 1.52. The van der Waals surface area contributed by atoms with Crippen molar-refractivity contribution in [1.82, 2.24) is 4.90 Å². The Labute approximate surface area is 117 Å². The molecule has 0 bridgehead atoms. The number of piperidine rings is 1. The minimum atomic E-state index is -0.298. The van der Waals surface area contributed by atoms with E-state index in [2.05, 4.69) is 0 Å². The van der Waals surface area contributed by atoms with Gasteiger partial charge in [0.1, 0.15) is 0 Å². The maximum absolute atomic E-state index is 12.1. The maximum atomic E-state index is 12.1. The van der Waals surface area contributed by atoms with Crippen LogP contribution in [0.2, 0.25) is 0 Å². The predicted octanol–water partition coefficient (Wildman–Crippen LogP) is 1.50. The lowest BCUT2D eigenvalue weighted by atomic mass is 9.97. The van der Waals surface area contributed by atoms with Gasteiger partial charge in [0.2, 0.25) is 11.8 Å². The van der Waals surface area contributed by atoms with Gasteiger partial charge >= 0.3 is 0 Å². The van der Waals surface area contributed by atoms with Crippen molar-refractivity contribution >= 4 is 23.6 Å². The van der Waals surface area contributed by atoms with Crippen molar-refractivity contribution in [2.75, 3.05) is 18.8 Å². The van der Waals surface area contributed by atoms with E-state index in [1.807, 2.05) is 30.3 Å². The van der Waals surface area contributed by atoms with E-state index in [0.29, 0.717) is 12.3 Å². The monoisotopic (exact) mass is 278 g/mol. The zero-order chi connectivity index (χ0) is 13.7. The summed E-state index contributed by atoms with van der Waals surface area (Å²) in [5.74, 6) is 0.0163. The van der Waals surface area contributed by atoms with Gasteiger partial charge in [-0.15, -0.1) is 11.8 Å². The highest BCUT2D eigenvalue weighted by molar-refractivity contribution is 8.00. The molecule has 1 aliphatic rings. The van der Waals surface area contributed by atoms with Crippen molar-refractivity contribution in [2.24, 2.45) is 11.7 Å². The number of carbonyl (C=O) groups excluding carboxylic acids is 2. The quantitative estimate of drug-likeness (QED) is 0.849. The number of likely N-dealkylation sites (tertiary alicyclic amines) is 1. The molecule has 1 aromatic carbocycles. The number of nitrogens with zero attached hydrogens (tertiary/aromatic N) is 1. The zero-order valence-corrected chi connectivity index (χ0v) is 11.6. The van der Waals surface area contributed by atoms with E-state index in [1.165, 1.54) is 11.8 Å². The molecule has 4 nitrogen and oxygen atoms in total. The lowest BCUT2D eigenvalue weighted by Gasteiger charge is -2.31. The van der Waals surface area contributed by atoms with Gasteiger partial charge in [0.25, 0.3) is 0 Å². The fourth-order valence-corrected chi connectivity index (χ4v) is 3.01. The molecule has 5 heteroatoms. The summed E-state index contributed by atoms with van der Waals surface area (Å²) in [7, 11) is 0. The summed E-state index contributed by atoms with van der Waals surface area (Å²) in [6.45, 7) is 1.21. The Hall–Kier alpha value is -1.49. The minimum absolute atomic E-state index is 0.0832. The molecule has 2 rings (SSSR count). The van der Waals surface area contributed by atoms with Crippen LogP contribution in [0.4, 0.5) is 0 Å². The SMILES string of the molecule is NC(=O)C1CCCN(C(=O)CSc2ccccc2)C1. The normalized spacial score (nSPS) is 19.2. The van der Waals surface area contributed by atoms with Crippen LogP contribution in [0.5, 0.6) is 0 Å². The van der Waals surface area contributed by atoms with Crippen molar-refractivity contribution in [3.05, 3.63) is 30.3 Å². The number of hydrogen-bond donors (Lipinski definition) is 1. The smallest absolute Gasteiger partial charge is 0.232 e. The molecule has 2 N–H and O–H groups in total. The van der Waals surface area contributed by atoms with Gasteiger partial charge in [-0.05, 0) is 25.0 Å². The molecule has 0 radical (unpaired) electrons. The molecule has 1 atom stereocenters. The number of nitrogens with two attached hydrogens (primary N) is 1. The Balaban J connectivity index is 1.84. The van der Waals surface area contributed by atoms with E-state index in [1.54, 1.807) is 4.90 Å². The van der Waals surface area contributed by atoms with Crippen LogP contribution in [0.25, 0.3) is 0 Å². The van der Waals surface area contributed by atoms with Crippen molar-refractivity contribution in [2.45, 2.75) is 17.7 Å². The van der Waals surface area contributed by atoms with E-state index in [0.717, 1.165) is 24.3 Å². The first-order chi connectivity index (χ1) is 9.16. The largest absolute Gasteiger partial charge is 0.369 e. The number of amides is 2. The molecule has 1 aromatic rings. The molecule has 1 heterocycles. The third-order valence-corrected chi connectivity index (χ3v) is 4.28. The number of benzene rings is 1. The maximum Gasteiger partial charge on any atom is 0.232 e. The van der Waals surface area contributed by atoms with E-state index < -0.39 is 0 Å². The van der Waals surface area contributed by atoms with Crippen molar-refractivity contribution < 1.29 is 9.59 Å². The fraction of sp³-hybridized carbons (Fsp3) is 0.429. The summed E-state index contributed by atoms with van der Waals surface area (Å²) in [5, 5.41) is 0. The van der Waals surface area contributed by atoms with Crippen LogP contribution in [-0.2, 0) is 9.59 Å². The molecule has 19 heavy (non-hydrogen) atoms. The Morgan fingerprint density at radius 1 is 1.32 bits per heavy atom. The van der Waals surface area contributed by atoms with Gasteiger partial charge in [0.05, 0.1) is 11.7 Å². The number of primary amides is 1. The third-order valence-electron chi connectivity index (χ3n) is 3.28. The zero-order valence-electron chi connectivity index (χ0n) is 10.7. The van der Waals surface area contributed by atoms with Crippen molar-refractivity contribution in [3.63, 3.8) is 0 Å². The number of thioether (sulfide) groups is 1. The average molecular weight is 278 g/mol. The number of carbonyl (C=O) groups is 2. The van der Waals surface area contributed by atoms with Crippen LogP contribution >= 0.6 is 11.8 Å². The first kappa shape index (κ1) is 13.9. The first-order valence-electron chi connectivity index (χ1n) is 6.42. The van der Waals surface area contributed by atoms with Crippen LogP contribution in [0.3, 0.4) is 0 Å². The Morgan fingerprint density at radius 2 is 2.05 bits per heavy atom. The van der Waals surface area contributed by atoms with Gasteiger partial charge < -0.3 is 10.6 Å².